The first kappa shape index (κ1) is 11.5. The SMILES string of the molecule is CCCc1c(O)cc(-c2ccccc2)cc1O. The van der Waals surface area contributed by atoms with Crippen LogP contribution in [0.4, 0.5) is 0 Å². The summed E-state index contributed by atoms with van der Waals surface area (Å²) in [6, 6.07) is 13.1. The van der Waals surface area contributed by atoms with Crippen LogP contribution in [-0.2, 0) is 6.42 Å². The minimum Gasteiger partial charge on any atom is -0.508 e. The molecule has 0 saturated carbocycles. The molecule has 0 aromatic heterocycles. The summed E-state index contributed by atoms with van der Waals surface area (Å²) in [5.41, 5.74) is 2.45. The van der Waals surface area contributed by atoms with Gasteiger partial charge in [-0.25, -0.2) is 0 Å². The second-order valence-corrected chi connectivity index (χ2v) is 4.11. The van der Waals surface area contributed by atoms with E-state index in [1.165, 1.54) is 0 Å². The third-order valence-electron chi connectivity index (χ3n) is 2.81. The van der Waals surface area contributed by atoms with Crippen molar-refractivity contribution in [1.29, 1.82) is 0 Å². The molecule has 2 rings (SSSR count). The van der Waals surface area contributed by atoms with Gasteiger partial charge < -0.3 is 10.2 Å². The zero-order valence-electron chi connectivity index (χ0n) is 9.85. The third-order valence-corrected chi connectivity index (χ3v) is 2.81. The van der Waals surface area contributed by atoms with E-state index in [1.807, 2.05) is 37.3 Å². The average molecular weight is 228 g/mol. The van der Waals surface area contributed by atoms with E-state index in [2.05, 4.69) is 0 Å². The van der Waals surface area contributed by atoms with Crippen LogP contribution in [0.15, 0.2) is 42.5 Å². The van der Waals surface area contributed by atoms with Gasteiger partial charge in [-0.3, -0.25) is 0 Å². The van der Waals surface area contributed by atoms with E-state index >= 15 is 0 Å². The summed E-state index contributed by atoms with van der Waals surface area (Å²) < 4.78 is 0. The Kier molecular flexibility index (Phi) is 3.33. The number of benzene rings is 2. The van der Waals surface area contributed by atoms with Gasteiger partial charge in [0.15, 0.2) is 0 Å². The first-order chi connectivity index (χ1) is 8.22. The van der Waals surface area contributed by atoms with Gasteiger partial charge in [-0.05, 0) is 29.7 Å². The normalized spacial score (nSPS) is 10.4. The van der Waals surface area contributed by atoms with Gasteiger partial charge in [0.2, 0.25) is 0 Å². The molecular weight excluding hydrogens is 212 g/mol. The van der Waals surface area contributed by atoms with Crippen molar-refractivity contribution in [3.63, 3.8) is 0 Å². The predicted molar refractivity (Wildman–Crippen MR) is 69.2 cm³/mol. The zero-order chi connectivity index (χ0) is 12.3. The maximum atomic E-state index is 9.90. The molecule has 0 spiro atoms. The monoisotopic (exact) mass is 228 g/mol. The molecule has 0 bridgehead atoms. The summed E-state index contributed by atoms with van der Waals surface area (Å²) in [5.74, 6) is 0.344. The van der Waals surface area contributed by atoms with Crippen LogP contribution < -0.4 is 0 Å². The average Bonchev–Trinajstić information content (AvgIpc) is 2.35. The molecule has 0 amide bonds. The lowest BCUT2D eigenvalue weighted by atomic mass is 10.00. The van der Waals surface area contributed by atoms with Crippen LogP contribution >= 0.6 is 0 Å². The summed E-state index contributed by atoms with van der Waals surface area (Å²) in [6.45, 7) is 2.02. The largest absolute Gasteiger partial charge is 0.508 e. The summed E-state index contributed by atoms with van der Waals surface area (Å²) in [5, 5.41) is 19.8. The van der Waals surface area contributed by atoms with Gasteiger partial charge in [0.25, 0.3) is 0 Å². The Labute approximate surface area is 101 Å². The first-order valence-electron chi connectivity index (χ1n) is 5.82. The van der Waals surface area contributed by atoms with Gasteiger partial charge >= 0.3 is 0 Å². The highest BCUT2D eigenvalue weighted by Gasteiger charge is 2.09. The minimum absolute atomic E-state index is 0.172. The summed E-state index contributed by atoms with van der Waals surface area (Å²) in [6.07, 6.45) is 1.58. The van der Waals surface area contributed by atoms with Crippen LogP contribution in [0.3, 0.4) is 0 Å². The summed E-state index contributed by atoms with van der Waals surface area (Å²) in [7, 11) is 0. The van der Waals surface area contributed by atoms with Crippen LogP contribution in [-0.4, -0.2) is 10.2 Å². The zero-order valence-corrected chi connectivity index (χ0v) is 9.85. The fraction of sp³-hybridized carbons (Fsp3) is 0.200. The second-order valence-electron chi connectivity index (χ2n) is 4.11. The quantitative estimate of drug-likeness (QED) is 0.840. The standard InChI is InChI=1S/C15H16O2/c1-2-6-13-14(16)9-12(10-15(13)17)11-7-4-3-5-8-11/h3-5,7-10,16-17H,2,6H2,1H3. The van der Waals surface area contributed by atoms with Gasteiger partial charge in [0, 0.05) is 5.56 Å². The van der Waals surface area contributed by atoms with Gasteiger partial charge in [0.1, 0.15) is 11.5 Å². The van der Waals surface area contributed by atoms with Crippen molar-refractivity contribution in [2.24, 2.45) is 0 Å². The van der Waals surface area contributed by atoms with Crippen molar-refractivity contribution in [1.82, 2.24) is 0 Å². The van der Waals surface area contributed by atoms with Gasteiger partial charge in [-0.1, -0.05) is 43.7 Å². The molecule has 0 heterocycles. The number of aromatic hydroxyl groups is 2. The molecule has 0 aliphatic heterocycles. The Morgan fingerprint density at radius 1 is 0.882 bits per heavy atom. The van der Waals surface area contributed by atoms with E-state index < -0.39 is 0 Å². The van der Waals surface area contributed by atoms with E-state index in [9.17, 15) is 10.2 Å². The van der Waals surface area contributed by atoms with Crippen molar-refractivity contribution in [3.8, 4) is 22.6 Å². The lowest BCUT2D eigenvalue weighted by Crippen LogP contribution is -1.87. The second kappa shape index (κ2) is 4.91. The highest BCUT2D eigenvalue weighted by atomic mass is 16.3. The minimum atomic E-state index is 0.172. The maximum absolute atomic E-state index is 9.90. The Bertz CT molecular complexity index is 481. The Hall–Kier alpha value is -1.96. The Morgan fingerprint density at radius 2 is 1.47 bits per heavy atom. The molecule has 0 saturated heterocycles. The molecule has 0 radical (unpaired) electrons. The van der Waals surface area contributed by atoms with Crippen LogP contribution in [0.25, 0.3) is 11.1 Å². The molecule has 2 nitrogen and oxygen atoms in total. The molecule has 0 fully saturated rings. The van der Waals surface area contributed by atoms with Crippen molar-refractivity contribution in [2.45, 2.75) is 19.8 Å². The highest BCUT2D eigenvalue weighted by Crippen LogP contribution is 2.34. The van der Waals surface area contributed by atoms with E-state index in [4.69, 9.17) is 0 Å². The lowest BCUT2D eigenvalue weighted by molar-refractivity contribution is 0.438. The number of rotatable bonds is 3. The van der Waals surface area contributed by atoms with E-state index in [0.29, 0.717) is 12.0 Å². The van der Waals surface area contributed by atoms with E-state index in [0.717, 1.165) is 17.5 Å². The molecule has 88 valence electrons. The molecule has 2 aromatic carbocycles. The summed E-state index contributed by atoms with van der Waals surface area (Å²) in [4.78, 5) is 0. The molecule has 2 heteroatoms. The van der Waals surface area contributed by atoms with Crippen LogP contribution in [0, 0.1) is 0 Å². The molecule has 2 N–H and O–H groups in total. The first-order valence-corrected chi connectivity index (χ1v) is 5.82. The van der Waals surface area contributed by atoms with Crippen molar-refractivity contribution in [2.75, 3.05) is 0 Å². The fourth-order valence-corrected chi connectivity index (χ4v) is 1.95. The fourth-order valence-electron chi connectivity index (χ4n) is 1.95. The number of phenols is 2. The number of hydrogen-bond acceptors (Lipinski definition) is 2. The van der Waals surface area contributed by atoms with Gasteiger partial charge in [-0.2, -0.15) is 0 Å². The molecular formula is C15H16O2. The Balaban J connectivity index is 2.46. The Morgan fingerprint density at radius 3 is 2.00 bits per heavy atom. The van der Waals surface area contributed by atoms with Crippen molar-refractivity contribution in [3.05, 3.63) is 48.0 Å². The van der Waals surface area contributed by atoms with Crippen LogP contribution in [0.1, 0.15) is 18.9 Å². The topological polar surface area (TPSA) is 40.5 Å². The predicted octanol–water partition coefficient (Wildman–Crippen LogP) is 3.72. The molecule has 0 aliphatic carbocycles. The van der Waals surface area contributed by atoms with Crippen molar-refractivity contribution < 1.29 is 10.2 Å². The lowest BCUT2D eigenvalue weighted by Gasteiger charge is -2.09. The summed E-state index contributed by atoms with van der Waals surface area (Å²) >= 11 is 0. The molecule has 2 aromatic rings. The van der Waals surface area contributed by atoms with Crippen LogP contribution in [0.5, 0.6) is 11.5 Å². The highest BCUT2D eigenvalue weighted by molar-refractivity contribution is 5.68. The molecule has 17 heavy (non-hydrogen) atoms. The maximum Gasteiger partial charge on any atom is 0.123 e. The van der Waals surface area contributed by atoms with Gasteiger partial charge in [-0.15, -0.1) is 0 Å². The molecule has 0 unspecified atom stereocenters. The van der Waals surface area contributed by atoms with Crippen molar-refractivity contribution >= 4 is 0 Å². The third kappa shape index (κ3) is 2.41. The number of phenolic OH excluding ortho intramolecular Hbond substituents is 2. The van der Waals surface area contributed by atoms with Crippen LogP contribution in [0.2, 0.25) is 0 Å². The molecule has 0 atom stereocenters. The molecule has 0 aliphatic rings. The van der Waals surface area contributed by atoms with E-state index in [-0.39, 0.29) is 11.5 Å². The van der Waals surface area contributed by atoms with E-state index in [1.54, 1.807) is 12.1 Å². The van der Waals surface area contributed by atoms with Gasteiger partial charge in [0.05, 0.1) is 0 Å². The smallest absolute Gasteiger partial charge is 0.123 e. The number of hydrogen-bond donors (Lipinski definition) is 2.